The molecule has 0 spiro atoms. The molecule has 2 amide bonds. The third-order valence-corrected chi connectivity index (χ3v) is 5.17. The molecule has 0 unspecified atom stereocenters. The standard InChI is InChI=1S/C21H13ClN2O4S/c22-14-3-1-4-15(12-14)24-20(26)17(19(25)23-24)11-13-6-8-16(9-7-13)28-21(27)18-5-2-10-29-18/h1-12H,(H,23,25). The summed E-state index contributed by atoms with van der Waals surface area (Å²) in [5, 5.41) is 3.40. The van der Waals surface area contributed by atoms with Gasteiger partial charge >= 0.3 is 5.97 Å². The lowest BCUT2D eigenvalue weighted by atomic mass is 10.1. The van der Waals surface area contributed by atoms with Crippen LogP contribution in [0.2, 0.25) is 5.02 Å². The normalized spacial score (nSPS) is 14.9. The first kappa shape index (κ1) is 18.9. The summed E-state index contributed by atoms with van der Waals surface area (Å²) in [6.45, 7) is 0. The SMILES string of the molecule is O=C1NN(c2cccc(Cl)c2)C(=O)C1=Cc1ccc(OC(=O)c2cccs2)cc1. The first-order valence-electron chi connectivity index (χ1n) is 8.50. The Labute approximate surface area is 174 Å². The van der Waals surface area contributed by atoms with Crippen molar-refractivity contribution in [1.29, 1.82) is 0 Å². The maximum absolute atomic E-state index is 12.6. The number of hydrazine groups is 1. The van der Waals surface area contributed by atoms with Crippen LogP contribution in [0.25, 0.3) is 6.08 Å². The fourth-order valence-corrected chi connectivity index (χ4v) is 3.49. The summed E-state index contributed by atoms with van der Waals surface area (Å²) in [4.78, 5) is 37.4. The number of thiophene rings is 1. The number of esters is 1. The highest BCUT2D eigenvalue weighted by atomic mass is 35.5. The number of nitrogens with one attached hydrogen (secondary N) is 1. The van der Waals surface area contributed by atoms with Crippen LogP contribution in [0.1, 0.15) is 15.2 Å². The molecule has 0 atom stereocenters. The van der Waals surface area contributed by atoms with Crippen LogP contribution in [0.15, 0.2) is 71.6 Å². The number of carbonyl (C=O) groups excluding carboxylic acids is 3. The minimum Gasteiger partial charge on any atom is -0.422 e. The molecule has 1 N–H and O–H groups in total. The van der Waals surface area contributed by atoms with E-state index in [0.29, 0.717) is 26.9 Å². The van der Waals surface area contributed by atoms with Crippen molar-refractivity contribution < 1.29 is 19.1 Å². The van der Waals surface area contributed by atoms with Crippen LogP contribution >= 0.6 is 22.9 Å². The van der Waals surface area contributed by atoms with Crippen LogP contribution in [0, 0.1) is 0 Å². The van der Waals surface area contributed by atoms with Gasteiger partial charge in [0, 0.05) is 5.02 Å². The van der Waals surface area contributed by atoms with Gasteiger partial charge in [-0.25, -0.2) is 9.80 Å². The molecule has 1 aliphatic heterocycles. The smallest absolute Gasteiger partial charge is 0.353 e. The lowest BCUT2D eigenvalue weighted by Crippen LogP contribution is -2.35. The maximum Gasteiger partial charge on any atom is 0.353 e. The van der Waals surface area contributed by atoms with Crippen LogP contribution in [-0.2, 0) is 9.59 Å². The van der Waals surface area contributed by atoms with Crippen LogP contribution < -0.4 is 15.2 Å². The number of halogens is 1. The zero-order valence-electron chi connectivity index (χ0n) is 14.8. The number of nitrogens with zero attached hydrogens (tertiary/aromatic N) is 1. The predicted molar refractivity (Wildman–Crippen MR) is 111 cm³/mol. The number of hydrogen-bond donors (Lipinski definition) is 1. The minimum atomic E-state index is -0.511. The van der Waals surface area contributed by atoms with Crippen LogP contribution in [0.5, 0.6) is 5.75 Å². The zero-order valence-corrected chi connectivity index (χ0v) is 16.4. The van der Waals surface area contributed by atoms with E-state index in [1.165, 1.54) is 17.4 Å². The van der Waals surface area contributed by atoms with Gasteiger partial charge in [-0.05, 0) is 53.4 Å². The van der Waals surface area contributed by atoms with Gasteiger partial charge in [-0.15, -0.1) is 11.3 Å². The van der Waals surface area contributed by atoms with E-state index < -0.39 is 17.8 Å². The van der Waals surface area contributed by atoms with E-state index in [-0.39, 0.29) is 5.57 Å². The number of carbonyl (C=O) groups is 3. The van der Waals surface area contributed by atoms with Crippen molar-refractivity contribution in [1.82, 2.24) is 5.43 Å². The van der Waals surface area contributed by atoms with Gasteiger partial charge in [0.2, 0.25) is 0 Å². The minimum absolute atomic E-state index is 0.00620. The third-order valence-electron chi connectivity index (χ3n) is 4.08. The lowest BCUT2D eigenvalue weighted by Gasteiger charge is -2.14. The van der Waals surface area contributed by atoms with Gasteiger partial charge in [0.15, 0.2) is 0 Å². The number of anilines is 1. The molecule has 2 aromatic carbocycles. The highest BCUT2D eigenvalue weighted by Crippen LogP contribution is 2.24. The molecule has 0 saturated carbocycles. The Kier molecular flexibility index (Phi) is 5.16. The van der Waals surface area contributed by atoms with E-state index >= 15 is 0 Å². The monoisotopic (exact) mass is 424 g/mol. The van der Waals surface area contributed by atoms with Crippen molar-refractivity contribution in [3.8, 4) is 5.75 Å². The second-order valence-electron chi connectivity index (χ2n) is 6.06. The Bertz CT molecular complexity index is 1120. The van der Waals surface area contributed by atoms with Crippen molar-refractivity contribution in [2.24, 2.45) is 0 Å². The molecule has 1 fully saturated rings. The van der Waals surface area contributed by atoms with E-state index in [9.17, 15) is 14.4 Å². The molecule has 8 heteroatoms. The second-order valence-corrected chi connectivity index (χ2v) is 7.44. The van der Waals surface area contributed by atoms with Crippen LogP contribution in [-0.4, -0.2) is 17.8 Å². The average Bonchev–Trinajstić information content (AvgIpc) is 3.34. The Morgan fingerprint density at radius 2 is 1.86 bits per heavy atom. The Hall–Kier alpha value is -3.42. The molecule has 3 aromatic rings. The third kappa shape index (κ3) is 4.06. The first-order valence-corrected chi connectivity index (χ1v) is 9.75. The lowest BCUT2D eigenvalue weighted by molar-refractivity contribution is -0.117. The van der Waals surface area contributed by atoms with Gasteiger partial charge in [-0.1, -0.05) is 35.9 Å². The fraction of sp³-hybridized carbons (Fsp3) is 0. The van der Waals surface area contributed by atoms with E-state index in [2.05, 4.69) is 5.43 Å². The molecular formula is C21H13ClN2O4S. The Morgan fingerprint density at radius 1 is 1.07 bits per heavy atom. The highest BCUT2D eigenvalue weighted by molar-refractivity contribution is 7.12. The molecule has 4 rings (SSSR count). The number of benzene rings is 2. The van der Waals surface area contributed by atoms with Gasteiger partial charge in [-0.3, -0.25) is 15.0 Å². The number of ether oxygens (including phenoxy) is 1. The molecule has 29 heavy (non-hydrogen) atoms. The molecular weight excluding hydrogens is 412 g/mol. The van der Waals surface area contributed by atoms with E-state index in [0.717, 1.165) is 5.01 Å². The van der Waals surface area contributed by atoms with Gasteiger partial charge in [0.05, 0.1) is 5.69 Å². The molecule has 1 saturated heterocycles. The molecule has 1 aliphatic rings. The van der Waals surface area contributed by atoms with Gasteiger partial charge in [0.25, 0.3) is 11.8 Å². The largest absolute Gasteiger partial charge is 0.422 e. The number of hydrogen-bond acceptors (Lipinski definition) is 5. The van der Waals surface area contributed by atoms with E-state index in [1.54, 1.807) is 66.0 Å². The summed E-state index contributed by atoms with van der Waals surface area (Å²) < 4.78 is 5.30. The summed E-state index contributed by atoms with van der Waals surface area (Å²) in [6, 6.07) is 16.6. The molecule has 1 aromatic heterocycles. The molecule has 6 nitrogen and oxygen atoms in total. The summed E-state index contributed by atoms with van der Waals surface area (Å²) in [6.07, 6.45) is 1.48. The quantitative estimate of drug-likeness (QED) is 0.296. The molecule has 144 valence electrons. The molecule has 0 radical (unpaired) electrons. The predicted octanol–water partition coefficient (Wildman–Crippen LogP) is 4.08. The van der Waals surface area contributed by atoms with Crippen molar-refractivity contribution >= 4 is 52.5 Å². The summed E-state index contributed by atoms with van der Waals surface area (Å²) in [7, 11) is 0. The summed E-state index contributed by atoms with van der Waals surface area (Å²) >= 11 is 7.25. The van der Waals surface area contributed by atoms with Crippen molar-refractivity contribution in [2.75, 3.05) is 5.01 Å². The molecule has 0 aliphatic carbocycles. The van der Waals surface area contributed by atoms with Gasteiger partial charge < -0.3 is 4.74 Å². The van der Waals surface area contributed by atoms with Crippen molar-refractivity contribution in [2.45, 2.75) is 0 Å². The van der Waals surface area contributed by atoms with E-state index in [4.69, 9.17) is 16.3 Å². The highest BCUT2D eigenvalue weighted by Gasteiger charge is 2.34. The van der Waals surface area contributed by atoms with Crippen LogP contribution in [0.4, 0.5) is 5.69 Å². The molecule has 0 bridgehead atoms. The number of rotatable bonds is 4. The van der Waals surface area contributed by atoms with Gasteiger partial charge in [-0.2, -0.15) is 0 Å². The average molecular weight is 425 g/mol. The fourth-order valence-electron chi connectivity index (χ4n) is 2.71. The first-order chi connectivity index (χ1) is 14.0. The summed E-state index contributed by atoms with van der Waals surface area (Å²) in [5.74, 6) is -1.06. The van der Waals surface area contributed by atoms with Crippen LogP contribution in [0.3, 0.4) is 0 Å². The topological polar surface area (TPSA) is 75.7 Å². The maximum atomic E-state index is 12.6. The number of amides is 2. The van der Waals surface area contributed by atoms with Crippen molar-refractivity contribution in [3.63, 3.8) is 0 Å². The Balaban J connectivity index is 1.51. The van der Waals surface area contributed by atoms with Crippen molar-refractivity contribution in [3.05, 3.63) is 87.1 Å². The van der Waals surface area contributed by atoms with Gasteiger partial charge in [0.1, 0.15) is 16.2 Å². The molecule has 2 heterocycles. The second kappa shape index (κ2) is 7.90. The van der Waals surface area contributed by atoms with E-state index in [1.807, 2.05) is 0 Å². The summed E-state index contributed by atoms with van der Waals surface area (Å²) in [5.41, 5.74) is 3.60. The Morgan fingerprint density at radius 3 is 2.55 bits per heavy atom. The zero-order chi connectivity index (χ0) is 20.4.